The van der Waals surface area contributed by atoms with E-state index in [9.17, 15) is 9.59 Å². The number of halogens is 1. The van der Waals surface area contributed by atoms with Crippen molar-refractivity contribution in [1.82, 2.24) is 24.8 Å². The van der Waals surface area contributed by atoms with Crippen molar-refractivity contribution in [2.24, 2.45) is 7.05 Å². The van der Waals surface area contributed by atoms with Crippen molar-refractivity contribution >= 4 is 45.9 Å². The van der Waals surface area contributed by atoms with Crippen LogP contribution in [0.4, 0.5) is 17.5 Å². The second-order valence-corrected chi connectivity index (χ2v) is 9.63. The number of amides is 1. The Kier molecular flexibility index (Phi) is 7.65. The van der Waals surface area contributed by atoms with Crippen molar-refractivity contribution in [3.05, 3.63) is 45.8 Å². The molecule has 11 heteroatoms. The number of pyridine rings is 1. The Bertz CT molecular complexity index is 1330. The van der Waals surface area contributed by atoms with Gasteiger partial charge in [0.05, 0.1) is 11.7 Å². The molecule has 4 rings (SSSR count). The second kappa shape index (κ2) is 10.7. The van der Waals surface area contributed by atoms with Crippen LogP contribution in [0.25, 0.3) is 10.9 Å². The van der Waals surface area contributed by atoms with Gasteiger partial charge >= 0.3 is 0 Å². The molecule has 0 radical (unpaired) electrons. The highest BCUT2D eigenvalue weighted by Crippen LogP contribution is 2.28. The summed E-state index contributed by atoms with van der Waals surface area (Å²) < 4.78 is 6.95. The van der Waals surface area contributed by atoms with Gasteiger partial charge in [0.15, 0.2) is 18.2 Å². The van der Waals surface area contributed by atoms with Crippen molar-refractivity contribution < 1.29 is 9.53 Å². The summed E-state index contributed by atoms with van der Waals surface area (Å²) in [6, 6.07) is 8.09. The van der Waals surface area contributed by atoms with Gasteiger partial charge in [-0.05, 0) is 45.0 Å². The zero-order valence-corrected chi connectivity index (χ0v) is 22.0. The molecule has 0 spiro atoms. The van der Waals surface area contributed by atoms with Crippen molar-refractivity contribution in [2.45, 2.75) is 32.9 Å². The van der Waals surface area contributed by atoms with E-state index in [-0.39, 0.29) is 23.8 Å². The second-order valence-electron chi connectivity index (χ2n) is 9.23. The molecule has 192 valence electrons. The van der Waals surface area contributed by atoms with E-state index in [1.165, 1.54) is 11.6 Å². The molecule has 1 aliphatic rings. The molecule has 1 unspecified atom stereocenters. The van der Waals surface area contributed by atoms with Crippen LogP contribution >= 0.6 is 11.6 Å². The molecule has 2 aromatic heterocycles. The maximum atomic E-state index is 12.6. The number of piperazine rings is 1. The van der Waals surface area contributed by atoms with Crippen LogP contribution in [0.3, 0.4) is 0 Å². The fraction of sp³-hybridized carbons (Fsp3) is 0.440. The zero-order valence-electron chi connectivity index (χ0n) is 21.2. The first-order valence-corrected chi connectivity index (χ1v) is 12.3. The number of likely N-dealkylation sites (N-methyl/N-ethyl adjacent to an activating group) is 1. The molecule has 1 atom stereocenters. The van der Waals surface area contributed by atoms with Gasteiger partial charge in [0.1, 0.15) is 5.02 Å². The van der Waals surface area contributed by atoms with E-state index in [0.717, 1.165) is 36.2 Å². The van der Waals surface area contributed by atoms with Crippen LogP contribution in [0.1, 0.15) is 20.8 Å². The minimum absolute atomic E-state index is 0.0998. The van der Waals surface area contributed by atoms with Gasteiger partial charge in [-0.2, -0.15) is 4.98 Å². The molecule has 0 bridgehead atoms. The van der Waals surface area contributed by atoms with E-state index in [1.807, 2.05) is 18.2 Å². The smallest absolute Gasteiger partial charge is 0.293 e. The highest BCUT2D eigenvalue weighted by Gasteiger charge is 2.27. The van der Waals surface area contributed by atoms with Gasteiger partial charge < -0.3 is 24.8 Å². The summed E-state index contributed by atoms with van der Waals surface area (Å²) in [5.74, 6) is 0.913. The highest BCUT2D eigenvalue weighted by atomic mass is 35.5. The Morgan fingerprint density at radius 3 is 2.75 bits per heavy atom. The van der Waals surface area contributed by atoms with E-state index >= 15 is 0 Å². The molecule has 1 saturated heterocycles. The molecule has 1 amide bonds. The summed E-state index contributed by atoms with van der Waals surface area (Å²) >= 11 is 6.43. The number of nitrogens with one attached hydrogen (secondary N) is 2. The zero-order chi connectivity index (χ0) is 26.0. The maximum absolute atomic E-state index is 12.6. The lowest BCUT2D eigenvalue weighted by Gasteiger charge is -2.42. The molecule has 1 aromatic carbocycles. The van der Waals surface area contributed by atoms with Crippen LogP contribution in [-0.4, -0.2) is 70.7 Å². The van der Waals surface area contributed by atoms with E-state index in [4.69, 9.17) is 21.3 Å². The minimum Gasteiger partial charge on any atom is -0.478 e. The number of carbonyl (C=O) groups excluding carboxylic acids is 1. The number of ether oxygens (including phenoxy) is 1. The first-order chi connectivity index (χ1) is 17.2. The van der Waals surface area contributed by atoms with Crippen molar-refractivity contribution in [3.8, 4) is 5.75 Å². The fourth-order valence-electron chi connectivity index (χ4n) is 4.50. The van der Waals surface area contributed by atoms with Crippen molar-refractivity contribution in [1.29, 1.82) is 0 Å². The van der Waals surface area contributed by atoms with Crippen molar-refractivity contribution in [3.63, 3.8) is 0 Å². The topological polar surface area (TPSA) is 105 Å². The Morgan fingerprint density at radius 2 is 2.06 bits per heavy atom. The summed E-state index contributed by atoms with van der Waals surface area (Å²) in [7, 11) is 3.18. The number of hydrogen-bond donors (Lipinski definition) is 2. The van der Waals surface area contributed by atoms with Gasteiger partial charge in [0.2, 0.25) is 5.95 Å². The number of aromatic nitrogens is 3. The molecule has 3 heterocycles. The fourth-order valence-corrected chi connectivity index (χ4v) is 4.64. The van der Waals surface area contributed by atoms with Gasteiger partial charge in [-0.1, -0.05) is 11.6 Å². The Labute approximate surface area is 215 Å². The largest absolute Gasteiger partial charge is 0.478 e. The van der Waals surface area contributed by atoms with E-state index in [2.05, 4.69) is 46.2 Å². The Hall–Kier alpha value is -3.37. The third kappa shape index (κ3) is 5.39. The van der Waals surface area contributed by atoms with E-state index in [1.54, 1.807) is 19.3 Å². The number of aryl methyl sites for hydroxylation is 1. The van der Waals surface area contributed by atoms with Crippen LogP contribution in [0.2, 0.25) is 5.02 Å². The normalized spacial score (nSPS) is 16.4. The number of carbonyl (C=O) groups is 1. The molecule has 0 saturated carbocycles. The standard InChI is InChI=1S/C25H32ClN7O3/c1-15(2)33-9-8-32(13-16(33)3)25-28-12-19(26)23(30-25)29-18-6-7-20-17(10-18)11-21(24(35)31(20)5)36-14-22(34)27-4/h6-7,10-12,15-16H,8-9,13-14H2,1-5H3,(H,27,34)(H,28,29,30). The number of benzene rings is 1. The molecular formula is C25H32ClN7O3. The summed E-state index contributed by atoms with van der Waals surface area (Å²) in [6.07, 6.45) is 1.61. The molecular weight excluding hydrogens is 482 g/mol. The number of rotatable bonds is 7. The van der Waals surface area contributed by atoms with E-state index in [0.29, 0.717) is 28.9 Å². The first kappa shape index (κ1) is 25.7. The molecule has 3 aromatic rings. The average molecular weight is 514 g/mol. The van der Waals surface area contributed by atoms with Crippen LogP contribution in [-0.2, 0) is 11.8 Å². The van der Waals surface area contributed by atoms with E-state index < -0.39 is 0 Å². The number of nitrogens with zero attached hydrogens (tertiary/aromatic N) is 5. The lowest BCUT2D eigenvalue weighted by molar-refractivity contribution is -0.122. The highest BCUT2D eigenvalue weighted by molar-refractivity contribution is 6.32. The molecule has 2 N–H and O–H groups in total. The SMILES string of the molecule is CNC(=O)COc1cc2cc(Nc3nc(N4CCN(C(C)C)C(C)C4)ncc3Cl)ccc2n(C)c1=O. The molecule has 1 fully saturated rings. The summed E-state index contributed by atoms with van der Waals surface area (Å²) in [6.45, 7) is 9.03. The predicted molar refractivity (Wildman–Crippen MR) is 143 cm³/mol. The molecule has 0 aliphatic carbocycles. The van der Waals surface area contributed by atoms with Gasteiger partial charge in [-0.15, -0.1) is 0 Å². The average Bonchev–Trinajstić information content (AvgIpc) is 2.86. The van der Waals surface area contributed by atoms with Crippen LogP contribution in [0.15, 0.2) is 35.3 Å². The first-order valence-electron chi connectivity index (χ1n) is 12.0. The monoisotopic (exact) mass is 513 g/mol. The van der Waals surface area contributed by atoms with Gasteiger partial charge in [0, 0.05) is 56.9 Å². The number of hydrogen-bond acceptors (Lipinski definition) is 8. The van der Waals surface area contributed by atoms with Crippen LogP contribution < -0.4 is 25.8 Å². The van der Waals surface area contributed by atoms with Gasteiger partial charge in [-0.3, -0.25) is 14.5 Å². The van der Waals surface area contributed by atoms with Gasteiger partial charge in [-0.25, -0.2) is 4.98 Å². The summed E-state index contributed by atoms with van der Waals surface area (Å²) in [4.78, 5) is 38.0. The predicted octanol–water partition coefficient (Wildman–Crippen LogP) is 2.77. The van der Waals surface area contributed by atoms with Crippen LogP contribution in [0, 0.1) is 0 Å². The number of fused-ring (bicyclic) bond motifs is 1. The third-order valence-corrected chi connectivity index (χ3v) is 6.72. The minimum atomic E-state index is -0.318. The van der Waals surface area contributed by atoms with Gasteiger partial charge in [0.25, 0.3) is 11.5 Å². The molecule has 10 nitrogen and oxygen atoms in total. The summed E-state index contributed by atoms with van der Waals surface area (Å²) in [5, 5.41) is 6.92. The quantitative estimate of drug-likeness (QED) is 0.497. The molecule has 36 heavy (non-hydrogen) atoms. The lowest BCUT2D eigenvalue weighted by Crippen LogP contribution is -2.54. The molecule has 1 aliphatic heterocycles. The third-order valence-electron chi connectivity index (χ3n) is 6.45. The number of anilines is 3. The Morgan fingerprint density at radius 1 is 1.28 bits per heavy atom. The lowest BCUT2D eigenvalue weighted by atomic mass is 10.1. The summed E-state index contributed by atoms with van der Waals surface area (Å²) in [5.41, 5.74) is 1.15. The van der Waals surface area contributed by atoms with Crippen molar-refractivity contribution in [2.75, 3.05) is 43.5 Å². The Balaban J connectivity index is 1.58. The van der Waals surface area contributed by atoms with Crippen LogP contribution in [0.5, 0.6) is 5.75 Å². The maximum Gasteiger partial charge on any atom is 0.293 e.